The summed E-state index contributed by atoms with van der Waals surface area (Å²) in [6.07, 6.45) is 4.48. The Hall–Kier alpha value is -0.390. The molecule has 1 aromatic rings. The third-order valence-electron chi connectivity index (χ3n) is 3.30. The fourth-order valence-electron chi connectivity index (χ4n) is 2.14. The fraction of sp³-hybridized carbons (Fsp3) is 0.700. The van der Waals surface area contributed by atoms with Gasteiger partial charge < -0.3 is 0 Å². The molecular formula is C10H17BrN4. The van der Waals surface area contributed by atoms with Crippen molar-refractivity contribution in [3.63, 3.8) is 0 Å². The summed E-state index contributed by atoms with van der Waals surface area (Å²) in [5.74, 6) is 7.03. The van der Waals surface area contributed by atoms with Crippen LogP contribution in [-0.2, 0) is 7.05 Å². The highest BCUT2D eigenvalue weighted by Gasteiger charge is 2.35. The predicted molar refractivity (Wildman–Crippen MR) is 62.9 cm³/mol. The zero-order valence-electron chi connectivity index (χ0n) is 9.07. The molecule has 0 aromatic carbocycles. The minimum Gasteiger partial charge on any atom is -0.271 e. The van der Waals surface area contributed by atoms with Gasteiger partial charge in [0.1, 0.15) is 0 Å². The molecule has 4 nitrogen and oxygen atoms in total. The molecule has 2 atom stereocenters. The van der Waals surface area contributed by atoms with E-state index in [2.05, 4.69) is 33.4 Å². The Bertz CT molecular complexity index is 326. The van der Waals surface area contributed by atoms with Crippen LogP contribution in [0.25, 0.3) is 0 Å². The van der Waals surface area contributed by atoms with Crippen molar-refractivity contribution in [2.45, 2.75) is 25.8 Å². The van der Waals surface area contributed by atoms with Crippen LogP contribution in [0.15, 0.2) is 10.7 Å². The Labute approximate surface area is 98.3 Å². The van der Waals surface area contributed by atoms with Gasteiger partial charge in [0.05, 0.1) is 22.4 Å². The van der Waals surface area contributed by atoms with Gasteiger partial charge in [-0.2, -0.15) is 5.10 Å². The summed E-state index contributed by atoms with van der Waals surface area (Å²) in [6.45, 7) is 2.25. The molecule has 1 aliphatic rings. The van der Waals surface area contributed by atoms with Crippen LogP contribution in [0.1, 0.15) is 31.5 Å². The van der Waals surface area contributed by atoms with Gasteiger partial charge in [-0.3, -0.25) is 16.0 Å². The second-order valence-electron chi connectivity index (χ2n) is 4.34. The topological polar surface area (TPSA) is 55.9 Å². The fourth-order valence-corrected chi connectivity index (χ4v) is 2.74. The Kier molecular flexibility index (Phi) is 3.13. The summed E-state index contributed by atoms with van der Waals surface area (Å²) in [5.41, 5.74) is 4.05. The molecule has 1 heterocycles. The highest BCUT2D eigenvalue weighted by Crippen LogP contribution is 2.43. The monoisotopic (exact) mass is 272 g/mol. The predicted octanol–water partition coefficient (Wildman–Crippen LogP) is 1.73. The van der Waals surface area contributed by atoms with E-state index in [1.54, 1.807) is 0 Å². The minimum atomic E-state index is 0.180. The van der Waals surface area contributed by atoms with E-state index < -0.39 is 0 Å². The van der Waals surface area contributed by atoms with Crippen molar-refractivity contribution in [2.75, 3.05) is 0 Å². The van der Waals surface area contributed by atoms with E-state index in [9.17, 15) is 0 Å². The molecular weight excluding hydrogens is 256 g/mol. The number of nitrogens with one attached hydrogen (secondary N) is 1. The lowest BCUT2D eigenvalue weighted by atomic mass is 9.94. The van der Waals surface area contributed by atoms with E-state index in [-0.39, 0.29) is 6.04 Å². The van der Waals surface area contributed by atoms with Crippen molar-refractivity contribution in [1.29, 1.82) is 0 Å². The number of aromatic nitrogens is 2. The number of hydrogen-bond donors (Lipinski definition) is 2. The largest absolute Gasteiger partial charge is 0.271 e. The first kappa shape index (κ1) is 11.1. The minimum absolute atomic E-state index is 0.180. The maximum Gasteiger partial charge on any atom is 0.0708 e. The van der Waals surface area contributed by atoms with E-state index in [1.807, 2.05) is 17.9 Å². The maximum atomic E-state index is 5.66. The molecule has 0 amide bonds. The quantitative estimate of drug-likeness (QED) is 0.649. The molecule has 0 bridgehead atoms. The van der Waals surface area contributed by atoms with Gasteiger partial charge in [-0.05, 0) is 40.6 Å². The molecule has 2 unspecified atom stereocenters. The number of halogens is 1. The summed E-state index contributed by atoms with van der Waals surface area (Å²) in [4.78, 5) is 0. The van der Waals surface area contributed by atoms with Crippen LogP contribution in [0.5, 0.6) is 0 Å². The van der Waals surface area contributed by atoms with Crippen LogP contribution in [0, 0.1) is 11.8 Å². The van der Waals surface area contributed by atoms with Crippen LogP contribution in [0.2, 0.25) is 0 Å². The molecule has 1 aromatic heterocycles. The molecule has 1 fully saturated rings. The van der Waals surface area contributed by atoms with Gasteiger partial charge in [0.15, 0.2) is 0 Å². The number of aryl methyl sites for hydroxylation is 1. The number of nitrogens with zero attached hydrogens (tertiary/aromatic N) is 2. The van der Waals surface area contributed by atoms with Gasteiger partial charge in [-0.1, -0.05) is 6.92 Å². The third-order valence-corrected chi connectivity index (χ3v) is 3.91. The molecule has 15 heavy (non-hydrogen) atoms. The standard InChI is InChI=1S/C10H17BrN4/c1-6(7-3-4-7)9(14-12)10-8(11)5-13-15(10)2/h5-7,9,14H,3-4,12H2,1-2H3. The molecule has 2 rings (SSSR count). The van der Waals surface area contributed by atoms with Gasteiger partial charge >= 0.3 is 0 Å². The van der Waals surface area contributed by atoms with Crippen molar-refractivity contribution in [3.05, 3.63) is 16.4 Å². The number of hydrogen-bond acceptors (Lipinski definition) is 3. The van der Waals surface area contributed by atoms with Gasteiger partial charge in [0.25, 0.3) is 0 Å². The van der Waals surface area contributed by atoms with Crippen molar-refractivity contribution in [2.24, 2.45) is 24.7 Å². The zero-order chi connectivity index (χ0) is 11.0. The van der Waals surface area contributed by atoms with Gasteiger partial charge in [-0.15, -0.1) is 0 Å². The lowest BCUT2D eigenvalue weighted by Gasteiger charge is -2.23. The second-order valence-corrected chi connectivity index (χ2v) is 5.20. The highest BCUT2D eigenvalue weighted by molar-refractivity contribution is 9.10. The third kappa shape index (κ3) is 2.09. The van der Waals surface area contributed by atoms with Gasteiger partial charge in [-0.25, -0.2) is 0 Å². The molecule has 0 radical (unpaired) electrons. The first-order chi connectivity index (χ1) is 7.15. The van der Waals surface area contributed by atoms with Crippen LogP contribution in [0.3, 0.4) is 0 Å². The summed E-state index contributed by atoms with van der Waals surface area (Å²) in [6, 6.07) is 0.180. The molecule has 84 valence electrons. The molecule has 3 N–H and O–H groups in total. The average molecular weight is 273 g/mol. The van der Waals surface area contributed by atoms with Crippen molar-refractivity contribution in [3.8, 4) is 0 Å². The second kappa shape index (κ2) is 4.23. The Balaban J connectivity index is 2.25. The van der Waals surface area contributed by atoms with Crippen LogP contribution < -0.4 is 11.3 Å². The van der Waals surface area contributed by atoms with Crippen LogP contribution in [0.4, 0.5) is 0 Å². The van der Waals surface area contributed by atoms with E-state index >= 15 is 0 Å². The molecule has 1 aliphatic carbocycles. The van der Waals surface area contributed by atoms with Crippen molar-refractivity contribution >= 4 is 15.9 Å². The summed E-state index contributed by atoms with van der Waals surface area (Å²) >= 11 is 3.52. The van der Waals surface area contributed by atoms with E-state index in [1.165, 1.54) is 12.8 Å². The van der Waals surface area contributed by atoms with Gasteiger partial charge in [0.2, 0.25) is 0 Å². The SMILES string of the molecule is CC(C1CC1)C(NN)c1c(Br)cnn1C. The van der Waals surface area contributed by atoms with E-state index in [0.29, 0.717) is 5.92 Å². The Morgan fingerprint density at radius 2 is 2.33 bits per heavy atom. The molecule has 0 spiro atoms. The lowest BCUT2D eigenvalue weighted by molar-refractivity contribution is 0.337. The Morgan fingerprint density at radius 1 is 1.67 bits per heavy atom. The van der Waals surface area contributed by atoms with Gasteiger partial charge in [0, 0.05) is 7.05 Å². The zero-order valence-corrected chi connectivity index (χ0v) is 10.7. The van der Waals surface area contributed by atoms with Crippen molar-refractivity contribution in [1.82, 2.24) is 15.2 Å². The van der Waals surface area contributed by atoms with E-state index in [4.69, 9.17) is 5.84 Å². The summed E-state index contributed by atoms with van der Waals surface area (Å²) in [5, 5.41) is 4.22. The lowest BCUT2D eigenvalue weighted by Crippen LogP contribution is -2.35. The number of hydrazine groups is 1. The number of rotatable bonds is 4. The highest BCUT2D eigenvalue weighted by atomic mass is 79.9. The van der Waals surface area contributed by atoms with Crippen molar-refractivity contribution < 1.29 is 0 Å². The van der Waals surface area contributed by atoms with E-state index in [0.717, 1.165) is 16.1 Å². The van der Waals surface area contributed by atoms with Crippen LogP contribution >= 0.6 is 15.9 Å². The molecule has 5 heteroatoms. The first-order valence-corrected chi connectivity index (χ1v) is 6.08. The molecule has 0 aliphatic heterocycles. The first-order valence-electron chi connectivity index (χ1n) is 5.28. The summed E-state index contributed by atoms with van der Waals surface area (Å²) < 4.78 is 2.91. The maximum absolute atomic E-state index is 5.66. The molecule has 0 saturated heterocycles. The van der Waals surface area contributed by atoms with Crippen LogP contribution in [-0.4, -0.2) is 9.78 Å². The normalized spacial score (nSPS) is 20.3. The summed E-state index contributed by atoms with van der Waals surface area (Å²) in [7, 11) is 1.95. The molecule has 1 saturated carbocycles. The Morgan fingerprint density at radius 3 is 2.73 bits per heavy atom. The number of nitrogens with two attached hydrogens (primary N) is 1. The average Bonchev–Trinajstić information content (AvgIpc) is 3.00. The smallest absolute Gasteiger partial charge is 0.0708 e.